The first-order valence-corrected chi connectivity index (χ1v) is 6.89. The number of halogens is 2. The van der Waals surface area contributed by atoms with Crippen molar-refractivity contribution < 1.29 is 9.13 Å². The fraction of sp³-hybridized carbons (Fsp3) is 0.214. The molecule has 0 aliphatic heterocycles. The Bertz CT molecular complexity index is 638. The predicted molar refractivity (Wildman–Crippen MR) is 79.3 cm³/mol. The van der Waals surface area contributed by atoms with Gasteiger partial charge in [0.05, 0.1) is 6.61 Å². The minimum atomic E-state index is -0.360. The van der Waals surface area contributed by atoms with E-state index in [1.165, 1.54) is 22.8 Å². The molecule has 1 aromatic carbocycles. The number of nitrogen functional groups attached to an aromatic ring is 1. The third-order valence-corrected chi connectivity index (χ3v) is 3.11. The summed E-state index contributed by atoms with van der Waals surface area (Å²) in [5, 5.41) is 0. The highest BCUT2D eigenvalue weighted by atomic mass is 79.9. The fourth-order valence-electron chi connectivity index (χ4n) is 1.76. The SMILES string of the molecule is Nc1ccc(=O)n(CCCOc2cc(F)cc(Br)c2)c1. The lowest BCUT2D eigenvalue weighted by atomic mass is 10.3. The normalized spacial score (nSPS) is 10.5. The first kappa shape index (κ1) is 14.6. The number of hydrogen-bond acceptors (Lipinski definition) is 3. The molecule has 0 saturated carbocycles. The first-order valence-electron chi connectivity index (χ1n) is 6.09. The molecule has 0 saturated heterocycles. The second-order valence-electron chi connectivity index (χ2n) is 4.30. The van der Waals surface area contributed by atoms with Crippen molar-refractivity contribution in [2.24, 2.45) is 0 Å². The number of pyridine rings is 1. The van der Waals surface area contributed by atoms with E-state index in [2.05, 4.69) is 15.9 Å². The molecule has 1 aromatic heterocycles. The lowest BCUT2D eigenvalue weighted by Gasteiger charge is -2.08. The molecular formula is C14H14BrFN2O2. The summed E-state index contributed by atoms with van der Waals surface area (Å²) in [5.74, 6) is 0.0956. The maximum absolute atomic E-state index is 13.1. The summed E-state index contributed by atoms with van der Waals surface area (Å²) in [6.07, 6.45) is 2.22. The van der Waals surface area contributed by atoms with Gasteiger partial charge in [0.2, 0.25) is 0 Å². The van der Waals surface area contributed by atoms with Crippen molar-refractivity contribution in [2.45, 2.75) is 13.0 Å². The Labute approximate surface area is 124 Å². The molecule has 1 heterocycles. The largest absolute Gasteiger partial charge is 0.493 e. The van der Waals surface area contributed by atoms with Gasteiger partial charge in [-0.15, -0.1) is 0 Å². The molecule has 106 valence electrons. The molecule has 0 spiro atoms. The van der Waals surface area contributed by atoms with Gasteiger partial charge in [0.25, 0.3) is 5.56 Å². The monoisotopic (exact) mass is 340 g/mol. The summed E-state index contributed by atoms with van der Waals surface area (Å²) in [4.78, 5) is 11.5. The highest BCUT2D eigenvalue weighted by Crippen LogP contribution is 2.20. The van der Waals surface area contributed by atoms with Gasteiger partial charge >= 0.3 is 0 Å². The van der Waals surface area contributed by atoms with Crippen LogP contribution in [-0.2, 0) is 6.54 Å². The molecule has 0 bridgehead atoms. The maximum Gasteiger partial charge on any atom is 0.250 e. The summed E-state index contributed by atoms with van der Waals surface area (Å²) in [5.41, 5.74) is 6.06. The summed E-state index contributed by atoms with van der Waals surface area (Å²) in [6, 6.07) is 7.37. The van der Waals surface area contributed by atoms with Crippen LogP contribution >= 0.6 is 15.9 Å². The number of aromatic nitrogens is 1. The number of nitrogens with two attached hydrogens (primary N) is 1. The Balaban J connectivity index is 1.87. The molecule has 0 aliphatic carbocycles. The molecule has 2 rings (SSSR count). The third kappa shape index (κ3) is 4.09. The zero-order valence-electron chi connectivity index (χ0n) is 10.7. The summed E-state index contributed by atoms with van der Waals surface area (Å²) >= 11 is 3.20. The molecule has 0 fully saturated rings. The van der Waals surface area contributed by atoms with Gasteiger partial charge in [-0.05, 0) is 24.6 Å². The van der Waals surface area contributed by atoms with Crippen LogP contribution in [0.5, 0.6) is 5.75 Å². The number of ether oxygens (including phenoxy) is 1. The Morgan fingerprint density at radius 1 is 1.30 bits per heavy atom. The highest BCUT2D eigenvalue weighted by Gasteiger charge is 2.01. The highest BCUT2D eigenvalue weighted by molar-refractivity contribution is 9.10. The standard InChI is InChI=1S/C14H14BrFN2O2/c15-10-6-11(16)8-13(7-10)20-5-1-4-18-9-12(17)2-3-14(18)19/h2-3,6-9H,1,4-5,17H2. The van der Waals surface area contributed by atoms with Crippen molar-refractivity contribution in [3.8, 4) is 5.75 Å². The zero-order chi connectivity index (χ0) is 14.5. The molecule has 2 aromatic rings. The van der Waals surface area contributed by atoms with E-state index < -0.39 is 0 Å². The molecule has 2 N–H and O–H groups in total. The van der Waals surface area contributed by atoms with Crippen LogP contribution in [0.4, 0.5) is 10.1 Å². The van der Waals surface area contributed by atoms with Crippen LogP contribution in [0.25, 0.3) is 0 Å². The lowest BCUT2D eigenvalue weighted by molar-refractivity contribution is 0.299. The number of hydrogen-bond donors (Lipinski definition) is 1. The number of anilines is 1. The van der Waals surface area contributed by atoms with Crippen LogP contribution in [0.3, 0.4) is 0 Å². The average molecular weight is 341 g/mol. The van der Waals surface area contributed by atoms with E-state index in [1.807, 2.05) is 0 Å². The Morgan fingerprint density at radius 3 is 2.85 bits per heavy atom. The Kier molecular flexibility index (Phi) is 4.79. The van der Waals surface area contributed by atoms with Gasteiger partial charge < -0.3 is 15.0 Å². The minimum absolute atomic E-state index is 0.104. The van der Waals surface area contributed by atoms with E-state index in [4.69, 9.17) is 10.5 Å². The van der Waals surface area contributed by atoms with Crippen molar-refractivity contribution in [3.63, 3.8) is 0 Å². The predicted octanol–water partition coefficient (Wildman–Crippen LogP) is 2.80. The van der Waals surface area contributed by atoms with Crippen LogP contribution in [0, 0.1) is 5.82 Å². The van der Waals surface area contributed by atoms with E-state index in [0.717, 1.165) is 0 Å². The second kappa shape index (κ2) is 6.56. The zero-order valence-corrected chi connectivity index (χ0v) is 12.3. The van der Waals surface area contributed by atoms with Crippen LogP contribution < -0.4 is 16.0 Å². The third-order valence-electron chi connectivity index (χ3n) is 2.65. The molecule has 0 atom stereocenters. The number of nitrogens with zero attached hydrogens (tertiary/aromatic N) is 1. The van der Waals surface area contributed by atoms with Gasteiger partial charge in [0.1, 0.15) is 11.6 Å². The number of aryl methyl sites for hydroxylation is 1. The maximum atomic E-state index is 13.1. The molecule has 20 heavy (non-hydrogen) atoms. The van der Waals surface area contributed by atoms with Crippen molar-refractivity contribution in [1.29, 1.82) is 0 Å². The van der Waals surface area contributed by atoms with Crippen molar-refractivity contribution in [1.82, 2.24) is 4.57 Å². The van der Waals surface area contributed by atoms with Crippen molar-refractivity contribution >= 4 is 21.6 Å². The lowest BCUT2D eigenvalue weighted by Crippen LogP contribution is -2.20. The molecular weight excluding hydrogens is 327 g/mol. The smallest absolute Gasteiger partial charge is 0.250 e. The number of benzene rings is 1. The van der Waals surface area contributed by atoms with Crippen LogP contribution in [0.2, 0.25) is 0 Å². The quantitative estimate of drug-likeness (QED) is 0.851. The summed E-state index contributed by atoms with van der Waals surface area (Å²) in [6.45, 7) is 0.886. The molecule has 0 radical (unpaired) electrons. The van der Waals surface area contributed by atoms with Gasteiger partial charge in [-0.25, -0.2) is 4.39 Å². The van der Waals surface area contributed by atoms with Crippen LogP contribution in [0.15, 0.2) is 45.8 Å². The van der Waals surface area contributed by atoms with Gasteiger partial charge in [-0.3, -0.25) is 4.79 Å². The average Bonchev–Trinajstić information content (AvgIpc) is 2.37. The van der Waals surface area contributed by atoms with Crippen molar-refractivity contribution in [3.05, 3.63) is 57.2 Å². The van der Waals surface area contributed by atoms with Crippen molar-refractivity contribution in [2.75, 3.05) is 12.3 Å². The molecule has 6 heteroatoms. The van der Waals surface area contributed by atoms with Gasteiger partial charge in [-0.2, -0.15) is 0 Å². The topological polar surface area (TPSA) is 57.2 Å². The van der Waals surface area contributed by atoms with E-state index in [0.29, 0.717) is 35.5 Å². The van der Waals surface area contributed by atoms with Gasteiger partial charge in [0.15, 0.2) is 0 Å². The number of rotatable bonds is 5. The van der Waals surface area contributed by atoms with Gasteiger partial charge in [-0.1, -0.05) is 15.9 Å². The fourth-order valence-corrected chi connectivity index (χ4v) is 2.21. The van der Waals surface area contributed by atoms with Crippen LogP contribution in [-0.4, -0.2) is 11.2 Å². The molecule has 0 amide bonds. The Hall–Kier alpha value is -1.82. The van der Waals surface area contributed by atoms with E-state index >= 15 is 0 Å². The Morgan fingerprint density at radius 2 is 2.10 bits per heavy atom. The minimum Gasteiger partial charge on any atom is -0.493 e. The summed E-state index contributed by atoms with van der Waals surface area (Å²) < 4.78 is 20.7. The van der Waals surface area contributed by atoms with Crippen LogP contribution in [0.1, 0.15) is 6.42 Å². The summed E-state index contributed by atoms with van der Waals surface area (Å²) in [7, 11) is 0. The first-order chi connectivity index (χ1) is 9.54. The molecule has 0 aliphatic rings. The van der Waals surface area contributed by atoms with Gasteiger partial charge in [0, 0.05) is 35.0 Å². The second-order valence-corrected chi connectivity index (χ2v) is 5.22. The van der Waals surface area contributed by atoms with E-state index in [1.54, 1.807) is 18.3 Å². The molecule has 0 unspecified atom stereocenters. The van der Waals surface area contributed by atoms with E-state index in [-0.39, 0.29) is 11.4 Å². The van der Waals surface area contributed by atoms with E-state index in [9.17, 15) is 9.18 Å². The molecule has 4 nitrogen and oxygen atoms in total.